The second-order valence-corrected chi connectivity index (χ2v) is 8.03. The van der Waals surface area contributed by atoms with Crippen molar-refractivity contribution in [1.82, 2.24) is 10.2 Å². The molecule has 2 aliphatic rings. The maximum absolute atomic E-state index is 13.2. The van der Waals surface area contributed by atoms with E-state index >= 15 is 0 Å². The molecule has 2 aromatic rings. The fraction of sp³-hybridized carbons (Fsp3) is 0.435. The Morgan fingerprint density at radius 1 is 1.13 bits per heavy atom. The third kappa shape index (κ3) is 4.17. The van der Waals surface area contributed by atoms with Gasteiger partial charge in [0.15, 0.2) is 0 Å². The van der Waals surface area contributed by atoms with E-state index in [4.69, 9.17) is 0 Å². The largest absolute Gasteiger partial charge is 0.416 e. The molecule has 2 heterocycles. The van der Waals surface area contributed by atoms with E-state index in [-0.39, 0.29) is 17.9 Å². The number of halogens is 3. The summed E-state index contributed by atoms with van der Waals surface area (Å²) in [5, 5.41) is 2.88. The van der Waals surface area contributed by atoms with Crippen LogP contribution in [0.15, 0.2) is 48.5 Å². The molecule has 7 heteroatoms. The monoisotopic (exact) mass is 417 g/mol. The molecule has 0 aromatic heterocycles. The molecule has 1 amide bonds. The van der Waals surface area contributed by atoms with E-state index in [0.717, 1.165) is 24.8 Å². The zero-order chi connectivity index (χ0) is 21.3. The summed E-state index contributed by atoms with van der Waals surface area (Å²) in [6.45, 7) is 5.35. The summed E-state index contributed by atoms with van der Waals surface area (Å²) in [5.74, 6) is -0.461. The molecule has 4 rings (SSSR count). The van der Waals surface area contributed by atoms with Crippen molar-refractivity contribution >= 4 is 11.6 Å². The molecule has 0 unspecified atom stereocenters. The maximum atomic E-state index is 13.2. The van der Waals surface area contributed by atoms with Gasteiger partial charge >= 0.3 is 6.18 Å². The van der Waals surface area contributed by atoms with Crippen LogP contribution in [0, 0.1) is 5.92 Å². The van der Waals surface area contributed by atoms with Gasteiger partial charge in [0.05, 0.1) is 17.5 Å². The molecule has 0 radical (unpaired) electrons. The molecule has 4 nitrogen and oxygen atoms in total. The second-order valence-electron chi connectivity index (χ2n) is 8.03. The van der Waals surface area contributed by atoms with E-state index in [1.807, 2.05) is 25.1 Å². The fourth-order valence-corrected chi connectivity index (χ4v) is 4.65. The van der Waals surface area contributed by atoms with Crippen LogP contribution in [0.4, 0.5) is 18.9 Å². The van der Waals surface area contributed by atoms with Crippen LogP contribution >= 0.6 is 0 Å². The Labute approximate surface area is 174 Å². The van der Waals surface area contributed by atoms with E-state index in [2.05, 4.69) is 27.2 Å². The third-order valence-electron chi connectivity index (χ3n) is 6.06. The number of nitrogens with one attached hydrogen (secondary N) is 1. The summed E-state index contributed by atoms with van der Waals surface area (Å²) >= 11 is 0. The Morgan fingerprint density at radius 2 is 1.90 bits per heavy atom. The first kappa shape index (κ1) is 20.7. The molecule has 1 saturated heterocycles. The Hall–Kier alpha value is -2.54. The smallest absolute Gasteiger partial charge is 0.365 e. The van der Waals surface area contributed by atoms with Crippen LogP contribution in [0.2, 0.25) is 0 Å². The van der Waals surface area contributed by atoms with Crippen LogP contribution in [-0.2, 0) is 23.9 Å². The van der Waals surface area contributed by atoms with Gasteiger partial charge in [0.25, 0.3) is 0 Å². The van der Waals surface area contributed by atoms with Crippen LogP contribution in [0.5, 0.6) is 0 Å². The molecule has 0 bridgehead atoms. The quantitative estimate of drug-likeness (QED) is 0.824. The Kier molecular flexibility index (Phi) is 5.73. The zero-order valence-electron chi connectivity index (χ0n) is 17.0. The highest BCUT2D eigenvalue weighted by Crippen LogP contribution is 2.39. The summed E-state index contributed by atoms with van der Waals surface area (Å²) < 4.78 is 39.7. The number of piperazine rings is 1. The van der Waals surface area contributed by atoms with E-state index in [1.165, 1.54) is 11.6 Å². The maximum Gasteiger partial charge on any atom is 0.416 e. The molecule has 0 aliphatic carbocycles. The number of carbonyl (C=O) groups is 1. The van der Waals surface area contributed by atoms with Gasteiger partial charge in [-0.15, -0.1) is 0 Å². The lowest BCUT2D eigenvalue weighted by Crippen LogP contribution is -2.60. The first-order valence-corrected chi connectivity index (χ1v) is 10.4. The lowest BCUT2D eigenvalue weighted by molar-refractivity contribution is -0.137. The molecule has 2 aromatic carbocycles. The number of nitrogens with zero attached hydrogens (tertiary/aromatic N) is 2. The van der Waals surface area contributed by atoms with Crippen molar-refractivity contribution in [1.29, 1.82) is 0 Å². The number of rotatable bonds is 4. The first-order valence-electron chi connectivity index (χ1n) is 10.4. The third-order valence-corrected chi connectivity index (χ3v) is 6.06. The number of hydrogen-bond acceptors (Lipinski definition) is 3. The summed E-state index contributed by atoms with van der Waals surface area (Å²) in [4.78, 5) is 17.3. The van der Waals surface area contributed by atoms with Gasteiger partial charge in [-0.05, 0) is 42.7 Å². The molecule has 1 fully saturated rings. The van der Waals surface area contributed by atoms with Crippen molar-refractivity contribution in [3.8, 4) is 0 Å². The number of hydrogen-bond donors (Lipinski definition) is 1. The van der Waals surface area contributed by atoms with Crippen LogP contribution in [0.25, 0.3) is 0 Å². The van der Waals surface area contributed by atoms with Crippen molar-refractivity contribution in [2.24, 2.45) is 5.92 Å². The Morgan fingerprint density at radius 3 is 2.60 bits per heavy atom. The molecule has 0 saturated carbocycles. The standard InChI is InChI=1S/C23H26F3N3O/c1-2-27-22(30)19-13-17-12-18(23(24,25)26)8-9-20(17)29-11-10-28(15-21(19)29)14-16-6-4-3-5-7-16/h3-9,12,19,21H,2,10-11,13-15H2,1H3,(H,27,30)/t19-,21+/m1/s1. The topological polar surface area (TPSA) is 35.6 Å². The predicted molar refractivity (Wildman–Crippen MR) is 110 cm³/mol. The lowest BCUT2D eigenvalue weighted by atomic mass is 9.82. The molecular formula is C23H26F3N3O. The number of carbonyl (C=O) groups excluding carboxylic acids is 1. The SMILES string of the molecule is CCNC(=O)[C@@H]1Cc2cc(C(F)(F)F)ccc2N2CCN(Cc3ccccc3)C[C@@H]12. The summed E-state index contributed by atoms with van der Waals surface area (Å²) in [6.07, 6.45) is -4.06. The minimum Gasteiger partial charge on any atom is -0.365 e. The molecule has 30 heavy (non-hydrogen) atoms. The van der Waals surface area contributed by atoms with Gasteiger partial charge < -0.3 is 10.2 Å². The van der Waals surface area contributed by atoms with E-state index in [0.29, 0.717) is 31.6 Å². The predicted octanol–water partition coefficient (Wildman–Crippen LogP) is 3.70. The van der Waals surface area contributed by atoms with Gasteiger partial charge in [0.2, 0.25) is 5.91 Å². The van der Waals surface area contributed by atoms with Gasteiger partial charge in [-0.1, -0.05) is 30.3 Å². The van der Waals surface area contributed by atoms with Crippen LogP contribution in [0.1, 0.15) is 23.6 Å². The van der Waals surface area contributed by atoms with Crippen molar-refractivity contribution in [2.75, 3.05) is 31.1 Å². The van der Waals surface area contributed by atoms with E-state index in [1.54, 1.807) is 6.07 Å². The second kappa shape index (κ2) is 8.30. The molecule has 2 atom stereocenters. The number of alkyl halides is 3. The van der Waals surface area contributed by atoms with E-state index < -0.39 is 11.7 Å². The Balaban J connectivity index is 1.62. The van der Waals surface area contributed by atoms with Gasteiger partial charge in [0, 0.05) is 38.4 Å². The van der Waals surface area contributed by atoms with Crippen molar-refractivity contribution in [3.05, 3.63) is 65.2 Å². The summed E-state index contributed by atoms with van der Waals surface area (Å²) in [5.41, 5.74) is 1.99. The summed E-state index contributed by atoms with van der Waals surface area (Å²) in [7, 11) is 0. The van der Waals surface area contributed by atoms with Crippen molar-refractivity contribution in [3.63, 3.8) is 0 Å². The number of fused-ring (bicyclic) bond motifs is 3. The van der Waals surface area contributed by atoms with Crippen molar-refractivity contribution in [2.45, 2.75) is 32.1 Å². The fourth-order valence-electron chi connectivity index (χ4n) is 4.65. The number of anilines is 1. The minimum atomic E-state index is -4.39. The highest BCUT2D eigenvalue weighted by Gasteiger charge is 2.42. The highest BCUT2D eigenvalue weighted by atomic mass is 19.4. The molecule has 2 aliphatic heterocycles. The average Bonchev–Trinajstić information content (AvgIpc) is 2.73. The number of amides is 1. The van der Waals surface area contributed by atoms with Crippen LogP contribution in [-0.4, -0.2) is 43.0 Å². The zero-order valence-corrected chi connectivity index (χ0v) is 17.0. The van der Waals surface area contributed by atoms with Gasteiger partial charge in [-0.2, -0.15) is 13.2 Å². The van der Waals surface area contributed by atoms with E-state index in [9.17, 15) is 18.0 Å². The van der Waals surface area contributed by atoms with Crippen molar-refractivity contribution < 1.29 is 18.0 Å². The lowest BCUT2D eigenvalue weighted by Gasteiger charge is -2.49. The van der Waals surface area contributed by atoms with Crippen LogP contribution < -0.4 is 10.2 Å². The van der Waals surface area contributed by atoms with Gasteiger partial charge in [-0.3, -0.25) is 9.69 Å². The van der Waals surface area contributed by atoms with Gasteiger partial charge in [-0.25, -0.2) is 0 Å². The van der Waals surface area contributed by atoms with Crippen LogP contribution in [0.3, 0.4) is 0 Å². The summed E-state index contributed by atoms with van der Waals surface area (Å²) in [6, 6.07) is 14.1. The average molecular weight is 417 g/mol. The first-order chi connectivity index (χ1) is 14.4. The molecule has 1 N–H and O–H groups in total. The molecular weight excluding hydrogens is 391 g/mol. The highest BCUT2D eigenvalue weighted by molar-refractivity contribution is 5.82. The Bertz CT molecular complexity index is 900. The van der Waals surface area contributed by atoms with Gasteiger partial charge in [0.1, 0.15) is 0 Å². The normalized spacial score (nSPS) is 21.7. The number of benzene rings is 2. The molecule has 0 spiro atoms. The molecule has 160 valence electrons. The minimum absolute atomic E-state index is 0.0572.